The molecule has 0 radical (unpaired) electrons. The molecule has 5 heteroatoms. The lowest BCUT2D eigenvalue weighted by Crippen LogP contribution is -2.30. The van der Waals surface area contributed by atoms with Crippen molar-refractivity contribution in [3.63, 3.8) is 0 Å². The van der Waals surface area contributed by atoms with Gasteiger partial charge in [-0.25, -0.2) is 4.79 Å². The van der Waals surface area contributed by atoms with Crippen LogP contribution in [0, 0.1) is 6.92 Å². The second kappa shape index (κ2) is 8.58. The number of para-hydroxylation sites is 1. The molecule has 2 aromatic rings. The molecular weight excluding hydrogens is 292 g/mol. The standard InChI is InChI=1S/C18H20N2O3/c1-14-7-9-15(10-8-14)13-23-17(21)11-12-19-18(22)20-16-5-3-2-4-6-16/h2-10H,11-13H2,1H3,(H2,19,20,22). The number of benzene rings is 2. The molecule has 2 aromatic carbocycles. The molecule has 0 bridgehead atoms. The molecule has 0 aliphatic carbocycles. The van der Waals surface area contributed by atoms with Crippen molar-refractivity contribution in [3.05, 3.63) is 65.7 Å². The van der Waals surface area contributed by atoms with E-state index in [9.17, 15) is 9.59 Å². The normalized spacial score (nSPS) is 9.96. The van der Waals surface area contributed by atoms with Gasteiger partial charge in [0.25, 0.3) is 0 Å². The maximum Gasteiger partial charge on any atom is 0.319 e. The summed E-state index contributed by atoms with van der Waals surface area (Å²) in [6.07, 6.45) is 0.133. The van der Waals surface area contributed by atoms with Crippen LogP contribution in [0.3, 0.4) is 0 Å². The fourth-order valence-electron chi connectivity index (χ4n) is 1.90. The third kappa shape index (κ3) is 6.22. The highest BCUT2D eigenvalue weighted by Gasteiger charge is 2.05. The van der Waals surface area contributed by atoms with E-state index in [1.807, 2.05) is 49.4 Å². The molecule has 23 heavy (non-hydrogen) atoms. The number of aryl methyl sites for hydroxylation is 1. The van der Waals surface area contributed by atoms with Gasteiger partial charge in [-0.3, -0.25) is 4.79 Å². The van der Waals surface area contributed by atoms with Crippen LogP contribution < -0.4 is 10.6 Å². The summed E-state index contributed by atoms with van der Waals surface area (Å²) in [5.41, 5.74) is 2.80. The predicted molar refractivity (Wildman–Crippen MR) is 89.1 cm³/mol. The Labute approximate surface area is 135 Å². The van der Waals surface area contributed by atoms with E-state index in [-0.39, 0.29) is 31.6 Å². The minimum Gasteiger partial charge on any atom is -0.461 e. The van der Waals surface area contributed by atoms with Crippen molar-refractivity contribution in [2.45, 2.75) is 20.0 Å². The first kappa shape index (κ1) is 16.5. The van der Waals surface area contributed by atoms with Gasteiger partial charge in [-0.15, -0.1) is 0 Å². The van der Waals surface area contributed by atoms with Crippen molar-refractivity contribution in [2.24, 2.45) is 0 Å². The number of hydrogen-bond donors (Lipinski definition) is 2. The van der Waals surface area contributed by atoms with Gasteiger partial charge in [0.05, 0.1) is 6.42 Å². The Hall–Kier alpha value is -2.82. The minimum absolute atomic E-state index is 0.133. The van der Waals surface area contributed by atoms with Gasteiger partial charge in [0.1, 0.15) is 6.61 Å². The number of rotatable bonds is 6. The van der Waals surface area contributed by atoms with Crippen molar-refractivity contribution in [1.29, 1.82) is 0 Å². The quantitative estimate of drug-likeness (QED) is 0.805. The van der Waals surface area contributed by atoms with E-state index in [1.165, 1.54) is 0 Å². The molecule has 0 saturated carbocycles. The Kier molecular flexibility index (Phi) is 6.17. The van der Waals surface area contributed by atoms with Crippen molar-refractivity contribution < 1.29 is 14.3 Å². The molecule has 0 spiro atoms. The number of amides is 2. The molecule has 5 nitrogen and oxygen atoms in total. The zero-order valence-electron chi connectivity index (χ0n) is 13.0. The molecule has 0 aromatic heterocycles. The van der Waals surface area contributed by atoms with Crippen molar-refractivity contribution in [3.8, 4) is 0 Å². The molecule has 0 atom stereocenters. The highest BCUT2D eigenvalue weighted by molar-refractivity contribution is 5.89. The largest absolute Gasteiger partial charge is 0.461 e. The topological polar surface area (TPSA) is 67.4 Å². The number of urea groups is 1. The Bertz CT molecular complexity index is 639. The maximum atomic E-state index is 11.6. The molecule has 2 N–H and O–H groups in total. The van der Waals surface area contributed by atoms with Crippen LogP contribution in [0.1, 0.15) is 17.5 Å². The molecule has 120 valence electrons. The smallest absolute Gasteiger partial charge is 0.319 e. The van der Waals surface area contributed by atoms with Crippen LogP contribution in [0.25, 0.3) is 0 Å². The highest BCUT2D eigenvalue weighted by atomic mass is 16.5. The number of anilines is 1. The van der Waals surface area contributed by atoms with Crippen LogP contribution >= 0.6 is 0 Å². The second-order valence-corrected chi connectivity index (χ2v) is 5.14. The third-order valence-electron chi connectivity index (χ3n) is 3.17. The number of hydrogen-bond acceptors (Lipinski definition) is 3. The molecule has 0 aliphatic rings. The number of carbonyl (C=O) groups is 2. The SMILES string of the molecule is Cc1ccc(COC(=O)CCNC(=O)Nc2ccccc2)cc1. The summed E-state index contributed by atoms with van der Waals surface area (Å²) >= 11 is 0. The summed E-state index contributed by atoms with van der Waals surface area (Å²) in [7, 11) is 0. The van der Waals surface area contributed by atoms with Crippen LogP contribution in [0.4, 0.5) is 10.5 Å². The van der Waals surface area contributed by atoms with Crippen LogP contribution in [-0.2, 0) is 16.1 Å². The lowest BCUT2D eigenvalue weighted by atomic mass is 10.2. The molecule has 0 heterocycles. The fraction of sp³-hybridized carbons (Fsp3) is 0.222. The van der Waals surface area contributed by atoms with E-state index < -0.39 is 0 Å². The Morgan fingerprint density at radius 2 is 1.70 bits per heavy atom. The van der Waals surface area contributed by atoms with E-state index in [1.54, 1.807) is 12.1 Å². The Balaban J connectivity index is 1.62. The second-order valence-electron chi connectivity index (χ2n) is 5.14. The van der Waals surface area contributed by atoms with Crippen LogP contribution in [-0.4, -0.2) is 18.5 Å². The number of nitrogens with one attached hydrogen (secondary N) is 2. The minimum atomic E-state index is -0.345. The third-order valence-corrected chi connectivity index (χ3v) is 3.17. The number of esters is 1. The highest BCUT2D eigenvalue weighted by Crippen LogP contribution is 2.05. The van der Waals surface area contributed by atoms with Gasteiger partial charge in [-0.1, -0.05) is 48.0 Å². The molecular formula is C18H20N2O3. The summed E-state index contributed by atoms with van der Waals surface area (Å²) in [4.78, 5) is 23.3. The first-order valence-corrected chi connectivity index (χ1v) is 7.44. The number of carbonyl (C=O) groups excluding carboxylic acids is 2. The monoisotopic (exact) mass is 312 g/mol. The van der Waals surface area contributed by atoms with E-state index in [0.29, 0.717) is 5.69 Å². The van der Waals surface area contributed by atoms with E-state index in [4.69, 9.17) is 4.74 Å². The number of ether oxygens (including phenoxy) is 1. The lowest BCUT2D eigenvalue weighted by Gasteiger charge is -2.08. The molecule has 0 saturated heterocycles. The van der Waals surface area contributed by atoms with E-state index >= 15 is 0 Å². The molecule has 0 unspecified atom stereocenters. The average molecular weight is 312 g/mol. The summed E-state index contributed by atoms with van der Waals surface area (Å²) in [5, 5.41) is 5.29. The van der Waals surface area contributed by atoms with Crippen molar-refractivity contribution in [2.75, 3.05) is 11.9 Å². The first-order valence-electron chi connectivity index (χ1n) is 7.44. The summed E-state index contributed by atoms with van der Waals surface area (Å²) < 4.78 is 5.16. The van der Waals surface area contributed by atoms with Crippen molar-refractivity contribution >= 4 is 17.7 Å². The van der Waals surface area contributed by atoms with Gasteiger partial charge >= 0.3 is 12.0 Å². The first-order chi connectivity index (χ1) is 11.1. The molecule has 0 fully saturated rings. The Morgan fingerprint density at radius 1 is 1.00 bits per heavy atom. The van der Waals surface area contributed by atoms with E-state index in [0.717, 1.165) is 11.1 Å². The van der Waals surface area contributed by atoms with Crippen LogP contribution in [0.2, 0.25) is 0 Å². The zero-order chi connectivity index (χ0) is 16.5. The van der Waals surface area contributed by atoms with Gasteiger partial charge in [0.2, 0.25) is 0 Å². The molecule has 0 aliphatic heterocycles. The van der Waals surface area contributed by atoms with Gasteiger partial charge in [0.15, 0.2) is 0 Å². The summed E-state index contributed by atoms with van der Waals surface area (Å²) in [6, 6.07) is 16.6. The summed E-state index contributed by atoms with van der Waals surface area (Å²) in [5.74, 6) is -0.342. The van der Waals surface area contributed by atoms with Crippen molar-refractivity contribution in [1.82, 2.24) is 5.32 Å². The maximum absolute atomic E-state index is 11.6. The fourth-order valence-corrected chi connectivity index (χ4v) is 1.90. The van der Waals surface area contributed by atoms with Gasteiger partial charge < -0.3 is 15.4 Å². The Morgan fingerprint density at radius 3 is 2.39 bits per heavy atom. The lowest BCUT2D eigenvalue weighted by molar-refractivity contribution is -0.144. The predicted octanol–water partition coefficient (Wildman–Crippen LogP) is 3.25. The zero-order valence-corrected chi connectivity index (χ0v) is 13.0. The average Bonchev–Trinajstić information content (AvgIpc) is 2.55. The van der Waals surface area contributed by atoms with Gasteiger partial charge in [-0.05, 0) is 24.6 Å². The van der Waals surface area contributed by atoms with Crippen LogP contribution in [0.15, 0.2) is 54.6 Å². The van der Waals surface area contributed by atoms with E-state index in [2.05, 4.69) is 10.6 Å². The van der Waals surface area contributed by atoms with Gasteiger partial charge in [0, 0.05) is 12.2 Å². The van der Waals surface area contributed by atoms with Crippen LogP contribution in [0.5, 0.6) is 0 Å². The molecule has 2 rings (SSSR count). The van der Waals surface area contributed by atoms with Gasteiger partial charge in [-0.2, -0.15) is 0 Å². The summed E-state index contributed by atoms with van der Waals surface area (Å²) in [6.45, 7) is 2.47. The molecule has 2 amide bonds.